The summed E-state index contributed by atoms with van der Waals surface area (Å²) in [6.07, 6.45) is -3.25. The van der Waals surface area contributed by atoms with Crippen LogP contribution in [0.25, 0.3) is 6.08 Å². The molecule has 0 aromatic heterocycles. The molecular formula is C26H18Cl2F3IN2O3. The van der Waals surface area contributed by atoms with Crippen molar-refractivity contribution >= 4 is 63.5 Å². The second-order valence-electron chi connectivity index (χ2n) is 7.50. The van der Waals surface area contributed by atoms with Gasteiger partial charge in [-0.2, -0.15) is 18.4 Å². The number of hydrogen-bond donors (Lipinski definition) is 1. The number of alkyl halides is 3. The average Bonchev–Trinajstić information content (AvgIpc) is 2.84. The Kier molecular flexibility index (Phi) is 9.70. The van der Waals surface area contributed by atoms with Crippen molar-refractivity contribution in [1.29, 1.82) is 5.26 Å². The SMILES string of the molecule is CCOc1cc(/C=C(\C#N)C(=O)Nc2cccc(C(F)(F)F)c2)cc(I)c1OCc1ccc(Cl)c(Cl)c1. The quantitative estimate of drug-likeness (QED) is 0.150. The number of carbonyl (C=O) groups is 1. The first-order valence-electron chi connectivity index (χ1n) is 10.6. The van der Waals surface area contributed by atoms with Gasteiger partial charge in [0.1, 0.15) is 18.2 Å². The fourth-order valence-corrected chi connectivity index (χ4v) is 4.25. The van der Waals surface area contributed by atoms with Gasteiger partial charge < -0.3 is 14.8 Å². The molecule has 11 heteroatoms. The van der Waals surface area contributed by atoms with Gasteiger partial charge in [0.2, 0.25) is 0 Å². The van der Waals surface area contributed by atoms with Gasteiger partial charge in [-0.15, -0.1) is 0 Å². The van der Waals surface area contributed by atoms with E-state index in [4.69, 9.17) is 32.7 Å². The van der Waals surface area contributed by atoms with Crippen LogP contribution in [0.5, 0.6) is 11.5 Å². The third-order valence-electron chi connectivity index (χ3n) is 4.82. The fraction of sp³-hybridized carbons (Fsp3) is 0.154. The normalized spacial score (nSPS) is 11.6. The van der Waals surface area contributed by atoms with E-state index >= 15 is 0 Å². The first kappa shape index (κ1) is 28.6. The van der Waals surface area contributed by atoms with Gasteiger partial charge >= 0.3 is 6.18 Å². The summed E-state index contributed by atoms with van der Waals surface area (Å²) in [5.74, 6) is -0.0105. The van der Waals surface area contributed by atoms with E-state index in [1.807, 2.05) is 22.6 Å². The van der Waals surface area contributed by atoms with Gasteiger partial charge in [-0.25, -0.2) is 0 Å². The molecule has 0 fully saturated rings. The lowest BCUT2D eigenvalue weighted by Crippen LogP contribution is -2.14. The highest BCUT2D eigenvalue weighted by molar-refractivity contribution is 14.1. The van der Waals surface area contributed by atoms with Gasteiger partial charge in [0.05, 0.1) is 25.8 Å². The molecule has 0 radical (unpaired) electrons. The molecule has 192 valence electrons. The third-order valence-corrected chi connectivity index (χ3v) is 6.36. The van der Waals surface area contributed by atoms with Crippen LogP contribution in [0.4, 0.5) is 18.9 Å². The minimum atomic E-state index is -4.56. The van der Waals surface area contributed by atoms with Crippen molar-refractivity contribution in [3.05, 3.63) is 90.5 Å². The molecule has 1 amide bonds. The standard InChI is InChI=1S/C26H18Cl2F3IN2O3/c1-2-36-23-11-16(10-22(32)24(23)37-14-15-6-7-20(27)21(28)9-15)8-17(13-33)25(35)34-19-5-3-4-18(12-19)26(29,30)31/h3-12H,2,14H2,1H3,(H,34,35)/b17-8+. The summed E-state index contributed by atoms with van der Waals surface area (Å²) in [7, 11) is 0. The number of benzene rings is 3. The summed E-state index contributed by atoms with van der Waals surface area (Å²) < 4.78 is 51.2. The van der Waals surface area contributed by atoms with Crippen LogP contribution in [0.15, 0.2) is 60.2 Å². The van der Waals surface area contributed by atoms with Gasteiger partial charge in [-0.1, -0.05) is 35.3 Å². The Morgan fingerprint density at radius 1 is 1.11 bits per heavy atom. The maximum absolute atomic E-state index is 13.0. The molecule has 3 aromatic carbocycles. The maximum Gasteiger partial charge on any atom is 0.416 e. The summed E-state index contributed by atoms with van der Waals surface area (Å²) in [5, 5.41) is 12.7. The topological polar surface area (TPSA) is 71.3 Å². The second-order valence-corrected chi connectivity index (χ2v) is 9.48. The minimum absolute atomic E-state index is 0.0865. The number of carbonyl (C=O) groups excluding carboxylic acids is 1. The highest BCUT2D eigenvalue weighted by Gasteiger charge is 2.30. The van der Waals surface area contributed by atoms with Crippen molar-refractivity contribution in [1.82, 2.24) is 0 Å². The summed E-state index contributed by atoms with van der Waals surface area (Å²) in [4.78, 5) is 12.6. The van der Waals surface area contributed by atoms with Crippen molar-refractivity contribution in [2.24, 2.45) is 0 Å². The second kappa shape index (κ2) is 12.5. The largest absolute Gasteiger partial charge is 0.490 e. The highest BCUT2D eigenvalue weighted by Crippen LogP contribution is 2.36. The molecule has 0 bridgehead atoms. The molecule has 0 atom stereocenters. The van der Waals surface area contributed by atoms with E-state index in [1.165, 1.54) is 18.2 Å². The van der Waals surface area contributed by atoms with Gasteiger partial charge in [0.25, 0.3) is 5.91 Å². The molecule has 1 N–H and O–H groups in total. The molecule has 0 aliphatic heterocycles. The van der Waals surface area contributed by atoms with Crippen LogP contribution in [-0.4, -0.2) is 12.5 Å². The number of nitrogens with zero attached hydrogens (tertiary/aromatic N) is 1. The monoisotopic (exact) mass is 660 g/mol. The zero-order valence-electron chi connectivity index (χ0n) is 19.1. The van der Waals surface area contributed by atoms with E-state index in [0.29, 0.717) is 37.3 Å². The molecule has 0 saturated heterocycles. The maximum atomic E-state index is 13.0. The smallest absolute Gasteiger partial charge is 0.416 e. The van der Waals surface area contributed by atoms with Crippen molar-refractivity contribution in [2.75, 3.05) is 11.9 Å². The van der Waals surface area contributed by atoms with E-state index in [2.05, 4.69) is 5.32 Å². The van der Waals surface area contributed by atoms with Crippen LogP contribution in [0, 0.1) is 14.9 Å². The molecule has 3 rings (SSSR count). The van der Waals surface area contributed by atoms with Crippen molar-refractivity contribution in [2.45, 2.75) is 19.7 Å². The number of halogens is 6. The lowest BCUT2D eigenvalue weighted by molar-refractivity contribution is -0.137. The van der Waals surface area contributed by atoms with E-state index in [9.17, 15) is 23.2 Å². The van der Waals surface area contributed by atoms with Crippen molar-refractivity contribution in [3.63, 3.8) is 0 Å². The van der Waals surface area contributed by atoms with Crippen LogP contribution < -0.4 is 14.8 Å². The number of nitrogens with one attached hydrogen (secondary N) is 1. The number of amides is 1. The predicted octanol–water partition coefficient (Wildman–Crippen LogP) is 8.14. The molecule has 0 spiro atoms. The first-order valence-corrected chi connectivity index (χ1v) is 12.5. The lowest BCUT2D eigenvalue weighted by atomic mass is 10.1. The Hall–Kier alpha value is -2.94. The van der Waals surface area contributed by atoms with Gasteiger partial charge in [-0.05, 0) is 89.2 Å². The Balaban J connectivity index is 1.84. The van der Waals surface area contributed by atoms with Crippen LogP contribution in [0.3, 0.4) is 0 Å². The first-order chi connectivity index (χ1) is 17.5. The molecule has 5 nitrogen and oxygen atoms in total. The molecule has 0 heterocycles. The Bertz CT molecular complexity index is 1390. The third kappa shape index (κ3) is 7.77. The number of rotatable bonds is 8. The summed E-state index contributed by atoms with van der Waals surface area (Å²) in [6.45, 7) is 2.31. The minimum Gasteiger partial charge on any atom is -0.490 e. The Morgan fingerprint density at radius 3 is 2.51 bits per heavy atom. The van der Waals surface area contributed by atoms with Gasteiger partial charge in [0, 0.05) is 5.69 Å². The lowest BCUT2D eigenvalue weighted by Gasteiger charge is -2.15. The molecule has 37 heavy (non-hydrogen) atoms. The zero-order valence-corrected chi connectivity index (χ0v) is 22.8. The van der Waals surface area contributed by atoms with E-state index in [-0.39, 0.29) is 17.9 Å². The predicted molar refractivity (Wildman–Crippen MR) is 145 cm³/mol. The molecule has 0 aliphatic carbocycles. The number of hydrogen-bond acceptors (Lipinski definition) is 4. The zero-order chi connectivity index (χ0) is 27.2. The highest BCUT2D eigenvalue weighted by atomic mass is 127. The Morgan fingerprint density at radius 2 is 1.86 bits per heavy atom. The molecule has 0 aliphatic rings. The van der Waals surface area contributed by atoms with Crippen LogP contribution >= 0.6 is 45.8 Å². The van der Waals surface area contributed by atoms with Crippen molar-refractivity contribution in [3.8, 4) is 17.6 Å². The molecular weight excluding hydrogens is 643 g/mol. The van der Waals surface area contributed by atoms with Crippen LogP contribution in [0.2, 0.25) is 10.0 Å². The van der Waals surface area contributed by atoms with Crippen LogP contribution in [0.1, 0.15) is 23.6 Å². The summed E-state index contributed by atoms with van der Waals surface area (Å²) in [5.41, 5.74) is -0.0583. The van der Waals surface area contributed by atoms with E-state index in [1.54, 1.807) is 43.3 Å². The average molecular weight is 661 g/mol. The molecule has 3 aromatic rings. The van der Waals surface area contributed by atoms with Gasteiger partial charge in [0.15, 0.2) is 11.5 Å². The Labute approximate surface area is 234 Å². The van der Waals surface area contributed by atoms with E-state index in [0.717, 1.165) is 17.7 Å². The summed E-state index contributed by atoms with van der Waals surface area (Å²) in [6, 6.07) is 14.4. The molecule has 0 unspecified atom stereocenters. The van der Waals surface area contributed by atoms with E-state index < -0.39 is 17.6 Å². The number of anilines is 1. The fourth-order valence-electron chi connectivity index (χ4n) is 3.15. The van der Waals surface area contributed by atoms with Gasteiger partial charge in [-0.3, -0.25) is 4.79 Å². The van der Waals surface area contributed by atoms with Crippen molar-refractivity contribution < 1.29 is 27.4 Å². The molecule has 0 saturated carbocycles. The number of nitriles is 1. The summed E-state index contributed by atoms with van der Waals surface area (Å²) >= 11 is 14.1. The number of ether oxygens (including phenoxy) is 2. The van der Waals surface area contributed by atoms with Crippen LogP contribution in [-0.2, 0) is 17.6 Å².